The Morgan fingerprint density at radius 1 is 1.25 bits per heavy atom. The summed E-state index contributed by atoms with van der Waals surface area (Å²) in [5.41, 5.74) is 0.416. The highest BCUT2D eigenvalue weighted by Gasteiger charge is 2.44. The van der Waals surface area contributed by atoms with Gasteiger partial charge in [-0.15, -0.1) is 21.2 Å². The molecule has 0 radical (unpaired) electrons. The van der Waals surface area contributed by atoms with E-state index in [-0.39, 0.29) is 36.6 Å². The molecular weight excluding hydrogens is 342 g/mol. The molecule has 24 heavy (non-hydrogen) atoms. The number of halogens is 3. The Balaban J connectivity index is 0.00000208. The fourth-order valence-corrected chi connectivity index (χ4v) is 3.32. The molecule has 0 aromatic heterocycles. The molecule has 0 saturated carbocycles. The van der Waals surface area contributed by atoms with Crippen molar-refractivity contribution >= 4 is 12.4 Å². The molecule has 1 atom stereocenters. The number of aliphatic hydroxyl groups is 1. The number of nitrogens with zero attached hydrogens (tertiary/aromatic N) is 1. The summed E-state index contributed by atoms with van der Waals surface area (Å²) in [5, 5.41) is 13.1. The maximum absolute atomic E-state index is 13.2. The fourth-order valence-electron chi connectivity index (χ4n) is 3.32. The van der Waals surface area contributed by atoms with Crippen molar-refractivity contribution in [2.45, 2.75) is 26.2 Å². The third kappa shape index (κ3) is 3.74. The molecule has 3 rings (SSSR count). The van der Waals surface area contributed by atoms with Crippen LogP contribution in [0.5, 0.6) is 11.5 Å². The first-order valence-corrected chi connectivity index (χ1v) is 7.78. The molecule has 2 heterocycles. The van der Waals surface area contributed by atoms with E-state index in [0.717, 1.165) is 31.7 Å². The molecule has 1 fully saturated rings. The Labute approximate surface area is 146 Å². The first-order valence-electron chi connectivity index (χ1n) is 7.78. The van der Waals surface area contributed by atoms with Gasteiger partial charge in [-0.05, 0) is 17.7 Å². The molecule has 1 aromatic carbocycles. The number of fused-ring (bicyclic) bond motifs is 1. The maximum atomic E-state index is 13.2. The zero-order chi connectivity index (χ0) is 16.7. The Morgan fingerprint density at radius 2 is 1.88 bits per heavy atom. The van der Waals surface area contributed by atoms with Gasteiger partial charge in [0, 0.05) is 44.2 Å². The summed E-state index contributed by atoms with van der Waals surface area (Å²) in [6.45, 7) is 7.32. The van der Waals surface area contributed by atoms with Crippen LogP contribution in [0, 0.1) is 5.41 Å². The lowest BCUT2D eigenvalue weighted by Crippen LogP contribution is -2.49. The highest BCUT2D eigenvalue weighted by Crippen LogP contribution is 2.45. The van der Waals surface area contributed by atoms with E-state index in [4.69, 9.17) is 0 Å². The molecule has 2 N–H and O–H groups in total. The van der Waals surface area contributed by atoms with Gasteiger partial charge in [-0.25, -0.2) is 0 Å². The molecule has 0 bridgehead atoms. The summed E-state index contributed by atoms with van der Waals surface area (Å²) in [6, 6.07) is 4.78. The average molecular weight is 365 g/mol. The van der Waals surface area contributed by atoms with E-state index in [0.29, 0.717) is 0 Å². The summed E-state index contributed by atoms with van der Waals surface area (Å²) < 4.78 is 35.5. The number of aliphatic hydroxyl groups excluding tert-OH is 1. The zero-order valence-electron chi connectivity index (χ0n) is 13.7. The largest absolute Gasteiger partial charge is 0.586 e. The molecule has 5 nitrogen and oxygen atoms in total. The minimum atomic E-state index is -3.61. The molecule has 0 aliphatic carbocycles. The number of alkyl halides is 2. The molecule has 0 amide bonds. The Hall–Kier alpha value is -1.15. The summed E-state index contributed by atoms with van der Waals surface area (Å²) in [5.74, 6) is 0.0842. The van der Waals surface area contributed by atoms with Crippen LogP contribution in [0.1, 0.15) is 25.5 Å². The first-order chi connectivity index (χ1) is 10.8. The van der Waals surface area contributed by atoms with Crippen LogP contribution in [0.25, 0.3) is 0 Å². The van der Waals surface area contributed by atoms with E-state index in [1.165, 1.54) is 6.07 Å². The molecule has 0 spiro atoms. The van der Waals surface area contributed by atoms with Crippen LogP contribution in [0.15, 0.2) is 18.2 Å². The predicted octanol–water partition coefficient (Wildman–Crippen LogP) is 2.39. The Morgan fingerprint density at radius 3 is 2.50 bits per heavy atom. The minimum Gasteiger partial charge on any atom is -0.396 e. The quantitative estimate of drug-likeness (QED) is 0.859. The van der Waals surface area contributed by atoms with E-state index in [2.05, 4.69) is 19.7 Å². The van der Waals surface area contributed by atoms with Crippen molar-refractivity contribution in [3.63, 3.8) is 0 Å². The van der Waals surface area contributed by atoms with Crippen molar-refractivity contribution < 1.29 is 23.4 Å². The first kappa shape index (κ1) is 19.2. The number of benzene rings is 1. The standard InChI is InChI=1S/C16H22F2N2O3.ClH/c1-15(2,10-21)14(20-7-5-19-6-8-20)11-3-4-12-13(9-11)23-16(17,18)22-12;/h3-4,9,14,19,21H,5-8,10H2,1-2H3;1H/t14-;/m1./s1. The summed E-state index contributed by atoms with van der Waals surface area (Å²) in [4.78, 5) is 2.27. The van der Waals surface area contributed by atoms with Crippen LogP contribution in [0.3, 0.4) is 0 Å². The number of nitrogens with one attached hydrogen (secondary N) is 1. The molecule has 0 unspecified atom stereocenters. The predicted molar refractivity (Wildman–Crippen MR) is 87.9 cm³/mol. The Kier molecular flexibility index (Phi) is 5.59. The van der Waals surface area contributed by atoms with E-state index in [9.17, 15) is 13.9 Å². The van der Waals surface area contributed by atoms with Gasteiger partial charge in [0.15, 0.2) is 11.5 Å². The normalized spacial score (nSPS) is 21.2. The van der Waals surface area contributed by atoms with Crippen LogP contribution in [0.2, 0.25) is 0 Å². The van der Waals surface area contributed by atoms with Gasteiger partial charge in [0.05, 0.1) is 0 Å². The molecule has 2 aliphatic rings. The van der Waals surface area contributed by atoms with Crippen molar-refractivity contribution in [3.8, 4) is 11.5 Å². The maximum Gasteiger partial charge on any atom is 0.586 e. The van der Waals surface area contributed by atoms with Crippen LogP contribution < -0.4 is 14.8 Å². The number of ether oxygens (including phenoxy) is 2. The molecular formula is C16H23ClF2N2O3. The van der Waals surface area contributed by atoms with E-state index < -0.39 is 11.7 Å². The van der Waals surface area contributed by atoms with Gasteiger partial charge in [0.25, 0.3) is 0 Å². The van der Waals surface area contributed by atoms with Gasteiger partial charge in [-0.1, -0.05) is 19.9 Å². The molecule has 136 valence electrons. The monoisotopic (exact) mass is 364 g/mol. The highest BCUT2D eigenvalue weighted by atomic mass is 35.5. The van der Waals surface area contributed by atoms with E-state index in [1.807, 2.05) is 13.8 Å². The van der Waals surface area contributed by atoms with Crippen molar-refractivity contribution in [1.82, 2.24) is 10.2 Å². The smallest absolute Gasteiger partial charge is 0.396 e. The van der Waals surface area contributed by atoms with E-state index in [1.54, 1.807) is 12.1 Å². The lowest BCUT2D eigenvalue weighted by Gasteiger charge is -2.43. The van der Waals surface area contributed by atoms with E-state index >= 15 is 0 Å². The second kappa shape index (κ2) is 7.00. The summed E-state index contributed by atoms with van der Waals surface area (Å²) >= 11 is 0. The van der Waals surface area contributed by atoms with Crippen LogP contribution in [-0.4, -0.2) is 49.1 Å². The van der Waals surface area contributed by atoms with Crippen LogP contribution >= 0.6 is 12.4 Å². The molecule has 1 aromatic rings. The average Bonchev–Trinajstić information content (AvgIpc) is 2.81. The SMILES string of the molecule is CC(C)(CO)[C@@H](c1ccc2c(c1)OC(F)(F)O2)N1CCNCC1.Cl. The number of hydrogen-bond acceptors (Lipinski definition) is 5. The molecule has 2 aliphatic heterocycles. The Bertz CT molecular complexity index is 580. The highest BCUT2D eigenvalue weighted by molar-refractivity contribution is 5.85. The van der Waals surface area contributed by atoms with Crippen molar-refractivity contribution in [1.29, 1.82) is 0 Å². The zero-order valence-corrected chi connectivity index (χ0v) is 14.5. The van der Waals surface area contributed by atoms with Gasteiger partial charge in [0.2, 0.25) is 0 Å². The number of hydrogen-bond donors (Lipinski definition) is 2. The third-order valence-corrected chi connectivity index (χ3v) is 4.41. The van der Waals surface area contributed by atoms with Crippen molar-refractivity contribution in [3.05, 3.63) is 23.8 Å². The van der Waals surface area contributed by atoms with Crippen LogP contribution in [0.4, 0.5) is 8.78 Å². The molecule has 8 heteroatoms. The second-order valence-corrected chi connectivity index (χ2v) is 6.71. The molecule has 1 saturated heterocycles. The van der Waals surface area contributed by atoms with Crippen molar-refractivity contribution in [2.24, 2.45) is 5.41 Å². The third-order valence-electron chi connectivity index (χ3n) is 4.41. The van der Waals surface area contributed by atoms with Gasteiger partial charge in [0.1, 0.15) is 0 Å². The number of rotatable bonds is 4. The lowest BCUT2D eigenvalue weighted by atomic mass is 9.79. The van der Waals surface area contributed by atoms with Gasteiger partial charge < -0.3 is 19.9 Å². The summed E-state index contributed by atoms with van der Waals surface area (Å²) in [6.07, 6.45) is -3.61. The van der Waals surface area contributed by atoms with Gasteiger partial charge in [-0.2, -0.15) is 0 Å². The topological polar surface area (TPSA) is 54.0 Å². The van der Waals surface area contributed by atoms with Gasteiger partial charge in [-0.3, -0.25) is 4.90 Å². The minimum absolute atomic E-state index is 0. The van der Waals surface area contributed by atoms with Gasteiger partial charge >= 0.3 is 6.29 Å². The van der Waals surface area contributed by atoms with Crippen LogP contribution in [-0.2, 0) is 0 Å². The fraction of sp³-hybridized carbons (Fsp3) is 0.625. The second-order valence-electron chi connectivity index (χ2n) is 6.71. The summed E-state index contributed by atoms with van der Waals surface area (Å²) in [7, 11) is 0. The lowest BCUT2D eigenvalue weighted by molar-refractivity contribution is -0.286. The van der Waals surface area contributed by atoms with Crippen molar-refractivity contribution in [2.75, 3.05) is 32.8 Å². The number of piperazine rings is 1.